The largest absolute Gasteiger partial charge is 0.351 e. The van der Waals surface area contributed by atoms with Crippen LogP contribution >= 0.6 is 0 Å². The van der Waals surface area contributed by atoms with Crippen LogP contribution in [-0.4, -0.2) is 27.9 Å². The summed E-state index contributed by atoms with van der Waals surface area (Å²) in [6, 6.07) is 7.97. The van der Waals surface area contributed by atoms with Crippen molar-refractivity contribution < 1.29 is 9.59 Å². The van der Waals surface area contributed by atoms with Crippen LogP contribution in [0, 0.1) is 6.92 Å². The number of aromatic nitrogens is 2. The molecule has 1 aliphatic heterocycles. The van der Waals surface area contributed by atoms with Crippen molar-refractivity contribution in [2.24, 2.45) is 0 Å². The van der Waals surface area contributed by atoms with Crippen molar-refractivity contribution in [3.8, 4) is 0 Å². The lowest BCUT2D eigenvalue weighted by atomic mass is 10.1. The van der Waals surface area contributed by atoms with Gasteiger partial charge in [-0.3, -0.25) is 9.59 Å². The van der Waals surface area contributed by atoms with Gasteiger partial charge >= 0.3 is 0 Å². The van der Waals surface area contributed by atoms with E-state index in [-0.39, 0.29) is 11.8 Å². The van der Waals surface area contributed by atoms with Gasteiger partial charge in [0.15, 0.2) is 5.82 Å². The summed E-state index contributed by atoms with van der Waals surface area (Å²) in [6.07, 6.45) is 4.76. The zero-order chi connectivity index (χ0) is 19.2. The number of aryl methyl sites for hydroxylation is 1. The van der Waals surface area contributed by atoms with E-state index in [9.17, 15) is 9.59 Å². The third kappa shape index (κ3) is 4.38. The summed E-state index contributed by atoms with van der Waals surface area (Å²) in [7, 11) is 0. The molecule has 2 amide bonds. The van der Waals surface area contributed by atoms with Crippen molar-refractivity contribution in [1.82, 2.24) is 20.2 Å². The number of nitrogens with zero attached hydrogens (tertiary/aromatic N) is 2. The molecule has 1 aliphatic rings. The number of carbonyl (C=O) groups excluding carboxylic acids is 2. The van der Waals surface area contributed by atoms with Crippen LogP contribution in [0.1, 0.15) is 70.5 Å². The molecule has 0 spiro atoms. The van der Waals surface area contributed by atoms with Crippen molar-refractivity contribution in [2.75, 3.05) is 6.54 Å². The van der Waals surface area contributed by atoms with Crippen molar-refractivity contribution in [1.29, 1.82) is 0 Å². The molecule has 0 saturated carbocycles. The van der Waals surface area contributed by atoms with Crippen molar-refractivity contribution >= 4 is 11.8 Å². The molecule has 0 unspecified atom stereocenters. The SMILES string of the molecule is CCCCNC(=O)c1nc(C(=O)NCc2ccccc2C)n2c1CCCC2. The zero-order valence-electron chi connectivity index (χ0n) is 16.2. The standard InChI is InChI=1S/C21H28N4O2/c1-3-4-12-22-20(26)18-17-11-7-8-13-25(17)19(24-18)21(27)23-14-16-10-6-5-9-15(16)2/h5-6,9-10H,3-4,7-8,11-14H2,1-2H3,(H,22,26)(H,23,27). The minimum atomic E-state index is -0.228. The number of amides is 2. The Kier molecular flexibility index (Phi) is 6.27. The quantitative estimate of drug-likeness (QED) is 0.738. The molecule has 2 N–H and O–H groups in total. The Morgan fingerprint density at radius 3 is 2.74 bits per heavy atom. The lowest BCUT2D eigenvalue weighted by Gasteiger charge is -2.17. The van der Waals surface area contributed by atoms with Gasteiger partial charge in [0.25, 0.3) is 11.8 Å². The summed E-state index contributed by atoms with van der Waals surface area (Å²) in [5.74, 6) is -0.0556. The molecule has 0 bridgehead atoms. The van der Waals surface area contributed by atoms with Crippen LogP contribution < -0.4 is 10.6 Å². The van der Waals surface area contributed by atoms with Crippen LogP contribution in [0.5, 0.6) is 0 Å². The van der Waals surface area contributed by atoms with E-state index in [1.165, 1.54) is 0 Å². The maximum Gasteiger partial charge on any atom is 0.287 e. The number of rotatable bonds is 7. The molecule has 27 heavy (non-hydrogen) atoms. The van der Waals surface area contributed by atoms with Crippen LogP contribution in [0.15, 0.2) is 24.3 Å². The Balaban J connectivity index is 1.77. The summed E-state index contributed by atoms with van der Waals surface area (Å²) in [5.41, 5.74) is 3.51. The average Bonchev–Trinajstić information content (AvgIpc) is 3.07. The molecule has 1 aromatic heterocycles. The lowest BCUT2D eigenvalue weighted by Crippen LogP contribution is -2.27. The first-order valence-corrected chi connectivity index (χ1v) is 9.82. The summed E-state index contributed by atoms with van der Waals surface area (Å²) in [6.45, 7) is 5.93. The van der Waals surface area contributed by atoms with Crippen LogP contribution in [0.4, 0.5) is 0 Å². The second-order valence-electron chi connectivity index (χ2n) is 7.06. The van der Waals surface area contributed by atoms with Crippen LogP contribution in [-0.2, 0) is 19.5 Å². The molecule has 6 heteroatoms. The highest BCUT2D eigenvalue weighted by atomic mass is 16.2. The first kappa shape index (κ1) is 19.1. The molecular weight excluding hydrogens is 340 g/mol. The molecule has 2 heterocycles. The highest BCUT2D eigenvalue weighted by Gasteiger charge is 2.27. The predicted octanol–water partition coefficient (Wildman–Crippen LogP) is 2.99. The van der Waals surface area contributed by atoms with E-state index < -0.39 is 0 Å². The van der Waals surface area contributed by atoms with Gasteiger partial charge in [0, 0.05) is 19.6 Å². The Bertz CT molecular complexity index is 826. The van der Waals surface area contributed by atoms with Crippen LogP contribution in [0.3, 0.4) is 0 Å². The van der Waals surface area contributed by atoms with Gasteiger partial charge in [-0.2, -0.15) is 0 Å². The van der Waals surface area contributed by atoms with Gasteiger partial charge in [-0.25, -0.2) is 4.98 Å². The van der Waals surface area contributed by atoms with Gasteiger partial charge in [0.05, 0.1) is 5.69 Å². The Morgan fingerprint density at radius 1 is 1.15 bits per heavy atom. The molecule has 0 radical (unpaired) electrons. The third-order valence-corrected chi connectivity index (χ3v) is 5.05. The Morgan fingerprint density at radius 2 is 1.96 bits per heavy atom. The lowest BCUT2D eigenvalue weighted by molar-refractivity contribution is 0.0935. The molecule has 2 aromatic rings. The molecule has 0 fully saturated rings. The van der Waals surface area contributed by atoms with E-state index in [2.05, 4.69) is 22.5 Å². The van der Waals surface area contributed by atoms with Crippen LogP contribution in [0.2, 0.25) is 0 Å². The fourth-order valence-electron chi connectivity index (χ4n) is 3.42. The van der Waals surface area contributed by atoms with Gasteiger partial charge in [-0.15, -0.1) is 0 Å². The van der Waals surface area contributed by atoms with Gasteiger partial charge in [0.2, 0.25) is 0 Å². The maximum atomic E-state index is 12.8. The minimum absolute atomic E-state index is 0.174. The fourth-order valence-corrected chi connectivity index (χ4v) is 3.42. The van der Waals surface area contributed by atoms with Crippen molar-refractivity contribution in [3.63, 3.8) is 0 Å². The van der Waals surface area contributed by atoms with E-state index in [0.29, 0.717) is 24.6 Å². The molecule has 0 saturated heterocycles. The predicted molar refractivity (Wildman–Crippen MR) is 105 cm³/mol. The number of nitrogens with one attached hydrogen (secondary N) is 2. The number of fused-ring (bicyclic) bond motifs is 1. The second kappa shape index (κ2) is 8.84. The Labute approximate surface area is 160 Å². The highest BCUT2D eigenvalue weighted by Crippen LogP contribution is 2.21. The monoisotopic (exact) mass is 368 g/mol. The van der Waals surface area contributed by atoms with Crippen LogP contribution in [0.25, 0.3) is 0 Å². The fraction of sp³-hybridized carbons (Fsp3) is 0.476. The molecule has 6 nitrogen and oxygen atoms in total. The van der Waals surface area contributed by atoms with Gasteiger partial charge in [-0.05, 0) is 43.7 Å². The van der Waals surface area contributed by atoms with E-state index in [1.807, 2.05) is 35.8 Å². The van der Waals surface area contributed by atoms with Gasteiger partial charge in [-0.1, -0.05) is 37.6 Å². The molecule has 1 aromatic carbocycles. The minimum Gasteiger partial charge on any atom is -0.351 e. The summed E-state index contributed by atoms with van der Waals surface area (Å²) < 4.78 is 1.92. The smallest absolute Gasteiger partial charge is 0.287 e. The van der Waals surface area contributed by atoms with E-state index in [1.54, 1.807) is 0 Å². The Hall–Kier alpha value is -2.63. The van der Waals surface area contributed by atoms with E-state index >= 15 is 0 Å². The van der Waals surface area contributed by atoms with E-state index in [4.69, 9.17) is 0 Å². The number of imidazole rings is 1. The zero-order valence-corrected chi connectivity index (χ0v) is 16.2. The van der Waals surface area contributed by atoms with Gasteiger partial charge in [0.1, 0.15) is 5.69 Å². The third-order valence-electron chi connectivity index (χ3n) is 5.05. The van der Waals surface area contributed by atoms with Crippen molar-refractivity contribution in [3.05, 3.63) is 52.6 Å². The topological polar surface area (TPSA) is 76.0 Å². The number of hydrogen-bond donors (Lipinski definition) is 2. The second-order valence-corrected chi connectivity index (χ2v) is 7.06. The molecule has 0 aliphatic carbocycles. The summed E-state index contributed by atoms with van der Waals surface area (Å²) >= 11 is 0. The number of hydrogen-bond acceptors (Lipinski definition) is 3. The van der Waals surface area contributed by atoms with Crippen molar-refractivity contribution in [2.45, 2.75) is 59.0 Å². The average molecular weight is 368 g/mol. The maximum absolute atomic E-state index is 12.8. The van der Waals surface area contributed by atoms with E-state index in [0.717, 1.165) is 55.5 Å². The summed E-state index contributed by atoms with van der Waals surface area (Å²) in [4.78, 5) is 29.7. The number of carbonyl (C=O) groups is 2. The highest BCUT2D eigenvalue weighted by molar-refractivity contribution is 5.97. The molecular formula is C21H28N4O2. The first-order valence-electron chi connectivity index (χ1n) is 9.82. The molecule has 3 rings (SSSR count). The van der Waals surface area contributed by atoms with Gasteiger partial charge < -0.3 is 15.2 Å². The first-order chi connectivity index (χ1) is 13.1. The molecule has 144 valence electrons. The number of benzene rings is 1. The summed E-state index contributed by atoms with van der Waals surface area (Å²) in [5, 5.41) is 5.88. The normalized spacial score (nSPS) is 13.1. The number of unbranched alkanes of at least 4 members (excludes halogenated alkanes) is 1. The molecule has 0 atom stereocenters.